The molecule has 0 fully saturated rings. The molecule has 1 aromatic rings. The summed E-state index contributed by atoms with van der Waals surface area (Å²) in [6.45, 7) is 10.5. The molecule has 1 N–H and O–H groups in total. The third kappa shape index (κ3) is 27.2. The second-order valence-corrected chi connectivity index (χ2v) is 2.38. The molecule has 1 heterocycles. The Morgan fingerprint density at radius 1 is 1.18 bits per heavy atom. The molecule has 0 aliphatic rings. The van der Waals surface area contributed by atoms with Crippen molar-refractivity contribution in [2.45, 2.75) is 34.6 Å². The standard InChI is InChI=1S/C4H10.C2H3N3.C2H6/c1-4(2)3;1-3-2-5-4-1;1-2/h4H,1-3H3;1-2H,(H,3,4,5);1-2H3. The maximum atomic E-state index is 3.56. The van der Waals surface area contributed by atoms with E-state index in [0.717, 1.165) is 5.92 Å². The Hall–Kier alpha value is -0.860. The van der Waals surface area contributed by atoms with E-state index in [4.69, 9.17) is 0 Å². The maximum absolute atomic E-state index is 3.56. The van der Waals surface area contributed by atoms with Crippen molar-refractivity contribution < 1.29 is 0 Å². The minimum absolute atomic E-state index is 0.833. The molecule has 0 bridgehead atoms. The molecule has 0 aromatic carbocycles. The Bertz CT molecular complexity index is 92.9. The second-order valence-electron chi connectivity index (χ2n) is 2.38. The molecule has 0 saturated heterocycles. The first-order valence-electron chi connectivity index (χ1n) is 4.02. The molecule has 0 unspecified atom stereocenters. The lowest BCUT2D eigenvalue weighted by molar-refractivity contribution is 0.737. The van der Waals surface area contributed by atoms with E-state index < -0.39 is 0 Å². The van der Waals surface area contributed by atoms with E-state index in [1.807, 2.05) is 13.8 Å². The second kappa shape index (κ2) is 11.9. The monoisotopic (exact) mass is 157 g/mol. The van der Waals surface area contributed by atoms with Crippen molar-refractivity contribution in [3.63, 3.8) is 0 Å². The Balaban J connectivity index is 0. The van der Waals surface area contributed by atoms with Crippen molar-refractivity contribution in [2.24, 2.45) is 5.92 Å². The van der Waals surface area contributed by atoms with Crippen LogP contribution >= 0.6 is 0 Å². The van der Waals surface area contributed by atoms with Gasteiger partial charge in [-0.2, -0.15) is 5.10 Å². The summed E-state index contributed by atoms with van der Waals surface area (Å²) in [5.74, 6) is 0.833. The first kappa shape index (κ1) is 12.8. The van der Waals surface area contributed by atoms with E-state index in [1.54, 1.807) is 0 Å². The summed E-state index contributed by atoms with van der Waals surface area (Å²) >= 11 is 0. The normalized spacial score (nSPS) is 7.45. The van der Waals surface area contributed by atoms with Gasteiger partial charge in [0.1, 0.15) is 12.7 Å². The van der Waals surface area contributed by atoms with Crippen LogP contribution in [0.1, 0.15) is 34.6 Å². The lowest BCUT2D eigenvalue weighted by Gasteiger charge is -1.79. The fourth-order valence-electron chi connectivity index (χ4n) is 0.167. The number of nitrogens with one attached hydrogen (secondary N) is 1. The molecule has 66 valence electrons. The molecule has 3 heteroatoms. The summed E-state index contributed by atoms with van der Waals surface area (Å²) < 4.78 is 0. The molecule has 0 aliphatic heterocycles. The van der Waals surface area contributed by atoms with E-state index in [9.17, 15) is 0 Å². The summed E-state index contributed by atoms with van der Waals surface area (Å²) in [6.07, 6.45) is 2.96. The van der Waals surface area contributed by atoms with Crippen molar-refractivity contribution in [1.29, 1.82) is 0 Å². The minimum atomic E-state index is 0.833. The Morgan fingerprint density at radius 2 is 1.64 bits per heavy atom. The van der Waals surface area contributed by atoms with Gasteiger partial charge < -0.3 is 0 Å². The largest absolute Gasteiger partial charge is 0.266 e. The van der Waals surface area contributed by atoms with Gasteiger partial charge in [0.05, 0.1) is 0 Å². The maximum Gasteiger partial charge on any atom is 0.137 e. The molecular formula is C8H19N3. The fraction of sp³-hybridized carbons (Fsp3) is 0.750. The van der Waals surface area contributed by atoms with Gasteiger partial charge in [-0.1, -0.05) is 34.6 Å². The van der Waals surface area contributed by atoms with Crippen LogP contribution in [-0.2, 0) is 0 Å². The quantitative estimate of drug-likeness (QED) is 0.628. The topological polar surface area (TPSA) is 41.6 Å². The van der Waals surface area contributed by atoms with Gasteiger partial charge in [0.15, 0.2) is 0 Å². The van der Waals surface area contributed by atoms with Crippen molar-refractivity contribution in [3.8, 4) is 0 Å². The molecule has 1 rings (SSSR count). The summed E-state index contributed by atoms with van der Waals surface area (Å²) in [5, 5.41) is 5.99. The number of aromatic nitrogens is 3. The van der Waals surface area contributed by atoms with Crippen LogP contribution < -0.4 is 0 Å². The number of H-pyrrole nitrogens is 1. The van der Waals surface area contributed by atoms with E-state index in [2.05, 4.69) is 36.0 Å². The van der Waals surface area contributed by atoms with Crippen LogP contribution in [0.25, 0.3) is 0 Å². The number of rotatable bonds is 0. The lowest BCUT2D eigenvalue weighted by atomic mass is 10.3. The molecule has 0 spiro atoms. The van der Waals surface area contributed by atoms with Crippen molar-refractivity contribution in [2.75, 3.05) is 0 Å². The third-order valence-electron chi connectivity index (χ3n) is 0.331. The zero-order chi connectivity index (χ0) is 9.11. The smallest absolute Gasteiger partial charge is 0.137 e. The van der Waals surface area contributed by atoms with E-state index >= 15 is 0 Å². The van der Waals surface area contributed by atoms with Gasteiger partial charge in [0.25, 0.3) is 0 Å². The molecule has 11 heavy (non-hydrogen) atoms. The Labute approximate surface area is 69.2 Å². The molecule has 0 atom stereocenters. The molecule has 3 nitrogen and oxygen atoms in total. The van der Waals surface area contributed by atoms with E-state index in [-0.39, 0.29) is 0 Å². The zero-order valence-electron chi connectivity index (χ0n) is 8.13. The first-order chi connectivity index (χ1) is 5.23. The predicted octanol–water partition coefficient (Wildman–Crippen LogP) is 2.49. The molecule has 0 amide bonds. The Morgan fingerprint density at radius 3 is 1.73 bits per heavy atom. The van der Waals surface area contributed by atoms with Crippen LogP contribution in [0.5, 0.6) is 0 Å². The van der Waals surface area contributed by atoms with E-state index in [0.29, 0.717) is 0 Å². The SMILES string of the molecule is CC.CC(C)C.c1nc[nH]n1. The van der Waals surface area contributed by atoms with Gasteiger partial charge >= 0.3 is 0 Å². The molecule has 0 aliphatic carbocycles. The van der Waals surface area contributed by atoms with Gasteiger partial charge in [0.2, 0.25) is 0 Å². The van der Waals surface area contributed by atoms with Crippen molar-refractivity contribution in [3.05, 3.63) is 12.7 Å². The summed E-state index contributed by atoms with van der Waals surface area (Å²) in [7, 11) is 0. The molecular weight excluding hydrogens is 138 g/mol. The van der Waals surface area contributed by atoms with Crippen molar-refractivity contribution >= 4 is 0 Å². The third-order valence-corrected chi connectivity index (χ3v) is 0.331. The van der Waals surface area contributed by atoms with Gasteiger partial charge in [-0.25, -0.2) is 4.98 Å². The highest BCUT2D eigenvalue weighted by molar-refractivity contribution is 4.43. The van der Waals surface area contributed by atoms with Gasteiger partial charge in [-0.15, -0.1) is 0 Å². The van der Waals surface area contributed by atoms with Crippen LogP contribution in [0.4, 0.5) is 0 Å². The first-order valence-corrected chi connectivity index (χ1v) is 4.02. The number of hydrogen-bond donors (Lipinski definition) is 1. The Kier molecular flexibility index (Phi) is 13.8. The highest BCUT2D eigenvalue weighted by Gasteiger charge is 1.68. The fourth-order valence-corrected chi connectivity index (χ4v) is 0.167. The van der Waals surface area contributed by atoms with Gasteiger partial charge in [-0.3, -0.25) is 5.10 Å². The summed E-state index contributed by atoms with van der Waals surface area (Å²) in [4.78, 5) is 3.56. The number of nitrogens with zero attached hydrogens (tertiary/aromatic N) is 2. The summed E-state index contributed by atoms with van der Waals surface area (Å²) in [5.41, 5.74) is 0. The average molecular weight is 157 g/mol. The van der Waals surface area contributed by atoms with E-state index in [1.165, 1.54) is 12.7 Å². The number of aromatic amines is 1. The van der Waals surface area contributed by atoms with Crippen LogP contribution in [0, 0.1) is 5.92 Å². The van der Waals surface area contributed by atoms with Crippen molar-refractivity contribution in [1.82, 2.24) is 15.2 Å². The van der Waals surface area contributed by atoms with Gasteiger partial charge in [-0.05, 0) is 5.92 Å². The molecule has 0 saturated carbocycles. The van der Waals surface area contributed by atoms with Gasteiger partial charge in [0, 0.05) is 0 Å². The predicted molar refractivity (Wildman–Crippen MR) is 48.2 cm³/mol. The zero-order valence-corrected chi connectivity index (χ0v) is 8.13. The van der Waals surface area contributed by atoms with Crippen LogP contribution in [0.3, 0.4) is 0 Å². The summed E-state index contributed by atoms with van der Waals surface area (Å²) in [6, 6.07) is 0. The molecule has 0 radical (unpaired) electrons. The highest BCUT2D eigenvalue weighted by atomic mass is 15.2. The van der Waals surface area contributed by atoms with Crippen LogP contribution in [0.15, 0.2) is 12.7 Å². The van der Waals surface area contributed by atoms with Crippen LogP contribution in [0.2, 0.25) is 0 Å². The van der Waals surface area contributed by atoms with Crippen LogP contribution in [-0.4, -0.2) is 15.2 Å². The average Bonchev–Trinajstić information content (AvgIpc) is 2.44. The minimum Gasteiger partial charge on any atom is -0.266 e. The lowest BCUT2D eigenvalue weighted by Crippen LogP contribution is -1.66. The highest BCUT2D eigenvalue weighted by Crippen LogP contribution is 1.81. The number of hydrogen-bond acceptors (Lipinski definition) is 2. The molecule has 1 aromatic heterocycles.